The number of carbonyl (C=O) groups excluding carboxylic acids is 1. The van der Waals surface area contributed by atoms with Gasteiger partial charge in [0.05, 0.1) is 6.54 Å². The van der Waals surface area contributed by atoms with Gasteiger partial charge in [-0.2, -0.15) is 0 Å². The number of nitrogens with zero attached hydrogens (tertiary/aromatic N) is 2. The van der Waals surface area contributed by atoms with E-state index in [9.17, 15) is 9.59 Å². The van der Waals surface area contributed by atoms with Crippen LogP contribution in [0.25, 0.3) is 0 Å². The lowest BCUT2D eigenvalue weighted by atomic mass is 9.92. The van der Waals surface area contributed by atoms with Crippen molar-refractivity contribution in [1.82, 2.24) is 9.80 Å². The Morgan fingerprint density at radius 1 is 1.30 bits per heavy atom. The third-order valence-corrected chi connectivity index (χ3v) is 4.39. The molecular formula is C14H25N3O3. The third kappa shape index (κ3) is 3.30. The Hall–Kier alpha value is -1.14. The molecule has 2 fully saturated rings. The molecule has 0 aromatic carbocycles. The lowest BCUT2D eigenvalue weighted by Gasteiger charge is -2.36. The van der Waals surface area contributed by atoms with E-state index in [1.54, 1.807) is 0 Å². The summed E-state index contributed by atoms with van der Waals surface area (Å²) in [7, 11) is 0. The molecule has 0 aromatic rings. The molecule has 2 rings (SSSR count). The van der Waals surface area contributed by atoms with Gasteiger partial charge in [0.1, 0.15) is 5.54 Å². The largest absolute Gasteiger partial charge is 0.480 e. The monoisotopic (exact) mass is 283 g/mol. The molecule has 2 heterocycles. The highest BCUT2D eigenvalue weighted by Gasteiger charge is 2.42. The van der Waals surface area contributed by atoms with Gasteiger partial charge in [-0.15, -0.1) is 0 Å². The van der Waals surface area contributed by atoms with Gasteiger partial charge in [-0.1, -0.05) is 13.8 Å². The number of hydrogen-bond acceptors (Lipinski definition) is 4. The Kier molecular flexibility index (Phi) is 4.34. The van der Waals surface area contributed by atoms with Crippen molar-refractivity contribution in [3.63, 3.8) is 0 Å². The molecule has 6 heteroatoms. The molecular weight excluding hydrogens is 258 g/mol. The van der Waals surface area contributed by atoms with E-state index in [0.717, 1.165) is 13.1 Å². The second-order valence-electron chi connectivity index (χ2n) is 6.67. The molecule has 1 amide bonds. The molecule has 3 atom stereocenters. The minimum atomic E-state index is -1.19. The number of hydrogen-bond donors (Lipinski definition) is 2. The number of amides is 1. The lowest BCUT2D eigenvalue weighted by molar-refractivity contribution is -0.143. The summed E-state index contributed by atoms with van der Waals surface area (Å²) in [5.41, 5.74) is 4.63. The van der Waals surface area contributed by atoms with E-state index < -0.39 is 11.5 Å². The topological polar surface area (TPSA) is 86.9 Å². The molecule has 6 nitrogen and oxygen atoms in total. The molecule has 0 aromatic heterocycles. The molecule has 0 radical (unpaired) electrons. The summed E-state index contributed by atoms with van der Waals surface area (Å²) in [6.45, 7) is 7.07. The first-order valence-corrected chi connectivity index (χ1v) is 7.32. The van der Waals surface area contributed by atoms with E-state index >= 15 is 0 Å². The van der Waals surface area contributed by atoms with E-state index in [4.69, 9.17) is 10.8 Å². The Morgan fingerprint density at radius 3 is 2.40 bits per heavy atom. The van der Waals surface area contributed by atoms with Gasteiger partial charge >= 0.3 is 5.97 Å². The van der Waals surface area contributed by atoms with Crippen molar-refractivity contribution in [3.8, 4) is 0 Å². The SMILES string of the molecule is CC1CC(C)CN(C(=O)CN2CCC(N)(C(=O)O)C2)C1. The zero-order valence-corrected chi connectivity index (χ0v) is 12.3. The molecule has 3 unspecified atom stereocenters. The number of piperidine rings is 1. The smallest absolute Gasteiger partial charge is 0.325 e. The van der Waals surface area contributed by atoms with E-state index in [0.29, 0.717) is 24.8 Å². The van der Waals surface area contributed by atoms with E-state index in [2.05, 4.69) is 13.8 Å². The summed E-state index contributed by atoms with van der Waals surface area (Å²) >= 11 is 0. The number of rotatable bonds is 3. The van der Waals surface area contributed by atoms with Gasteiger partial charge in [0.2, 0.25) is 5.91 Å². The second-order valence-corrected chi connectivity index (χ2v) is 6.67. The van der Waals surface area contributed by atoms with Crippen molar-refractivity contribution in [3.05, 3.63) is 0 Å². The Labute approximate surface area is 119 Å². The van der Waals surface area contributed by atoms with Gasteiger partial charge in [-0.3, -0.25) is 14.5 Å². The maximum absolute atomic E-state index is 12.3. The van der Waals surface area contributed by atoms with E-state index in [1.165, 1.54) is 6.42 Å². The molecule has 0 bridgehead atoms. The molecule has 20 heavy (non-hydrogen) atoms. The van der Waals surface area contributed by atoms with Crippen molar-refractivity contribution < 1.29 is 14.7 Å². The molecule has 0 aliphatic carbocycles. The summed E-state index contributed by atoms with van der Waals surface area (Å²) in [5.74, 6) is 0.188. The number of aliphatic carboxylic acids is 1. The molecule has 2 aliphatic rings. The summed E-state index contributed by atoms with van der Waals surface area (Å²) in [6.07, 6.45) is 1.57. The molecule has 0 saturated carbocycles. The van der Waals surface area contributed by atoms with Crippen LogP contribution in [-0.2, 0) is 9.59 Å². The highest BCUT2D eigenvalue weighted by Crippen LogP contribution is 2.22. The fraction of sp³-hybridized carbons (Fsp3) is 0.857. The van der Waals surface area contributed by atoms with Gasteiger partial charge in [-0.05, 0) is 24.7 Å². The van der Waals surface area contributed by atoms with Crippen LogP contribution in [0.4, 0.5) is 0 Å². The standard InChI is InChI=1S/C14H25N3O3/c1-10-5-11(2)7-17(6-10)12(18)8-16-4-3-14(15,9-16)13(19)20/h10-11H,3-9,15H2,1-2H3,(H,19,20). The van der Waals surface area contributed by atoms with Gasteiger partial charge in [0.25, 0.3) is 0 Å². The van der Waals surface area contributed by atoms with Crippen molar-refractivity contribution in [2.45, 2.75) is 32.2 Å². The van der Waals surface area contributed by atoms with Crippen LogP contribution in [0, 0.1) is 11.8 Å². The highest BCUT2D eigenvalue weighted by molar-refractivity contribution is 5.81. The fourth-order valence-corrected chi connectivity index (χ4v) is 3.38. The van der Waals surface area contributed by atoms with Crippen molar-refractivity contribution in [2.75, 3.05) is 32.7 Å². The summed E-state index contributed by atoms with van der Waals surface area (Å²) in [4.78, 5) is 27.2. The third-order valence-electron chi connectivity index (χ3n) is 4.39. The number of nitrogens with two attached hydrogens (primary N) is 1. The number of likely N-dealkylation sites (tertiary alicyclic amines) is 2. The first kappa shape index (κ1) is 15.3. The summed E-state index contributed by atoms with van der Waals surface area (Å²) < 4.78 is 0. The normalized spacial score (nSPS) is 35.2. The van der Waals surface area contributed by atoms with Gasteiger partial charge < -0.3 is 15.7 Å². The highest BCUT2D eigenvalue weighted by atomic mass is 16.4. The zero-order chi connectivity index (χ0) is 14.9. The second kappa shape index (κ2) is 5.69. The first-order valence-electron chi connectivity index (χ1n) is 7.32. The average molecular weight is 283 g/mol. The minimum absolute atomic E-state index is 0.0954. The van der Waals surface area contributed by atoms with Crippen LogP contribution in [0.3, 0.4) is 0 Å². The first-order chi connectivity index (χ1) is 9.30. The number of carboxylic acid groups (broad SMARTS) is 1. The van der Waals surface area contributed by atoms with Crippen LogP contribution in [0.15, 0.2) is 0 Å². The van der Waals surface area contributed by atoms with Crippen LogP contribution in [0.5, 0.6) is 0 Å². The van der Waals surface area contributed by atoms with Crippen molar-refractivity contribution in [2.24, 2.45) is 17.6 Å². The zero-order valence-electron chi connectivity index (χ0n) is 12.3. The van der Waals surface area contributed by atoms with Gasteiger partial charge in [0, 0.05) is 26.2 Å². The molecule has 114 valence electrons. The van der Waals surface area contributed by atoms with Gasteiger partial charge in [0.15, 0.2) is 0 Å². The summed E-state index contributed by atoms with van der Waals surface area (Å²) in [6, 6.07) is 0. The fourth-order valence-electron chi connectivity index (χ4n) is 3.38. The van der Waals surface area contributed by atoms with Crippen LogP contribution >= 0.6 is 0 Å². The number of carbonyl (C=O) groups is 2. The molecule has 0 spiro atoms. The Balaban J connectivity index is 1.88. The lowest BCUT2D eigenvalue weighted by Crippen LogP contribution is -2.51. The Morgan fingerprint density at radius 2 is 1.90 bits per heavy atom. The predicted molar refractivity (Wildman–Crippen MR) is 75.1 cm³/mol. The minimum Gasteiger partial charge on any atom is -0.480 e. The average Bonchev–Trinajstić information content (AvgIpc) is 2.71. The van der Waals surface area contributed by atoms with Crippen LogP contribution in [0.1, 0.15) is 26.7 Å². The number of carboxylic acids is 1. The van der Waals surface area contributed by atoms with E-state index in [-0.39, 0.29) is 19.0 Å². The molecule has 2 saturated heterocycles. The van der Waals surface area contributed by atoms with E-state index in [1.807, 2.05) is 9.80 Å². The quantitative estimate of drug-likeness (QED) is 0.760. The van der Waals surface area contributed by atoms with Crippen LogP contribution in [-0.4, -0.2) is 65.0 Å². The van der Waals surface area contributed by atoms with Crippen molar-refractivity contribution >= 4 is 11.9 Å². The van der Waals surface area contributed by atoms with Gasteiger partial charge in [-0.25, -0.2) is 0 Å². The van der Waals surface area contributed by atoms with Crippen LogP contribution < -0.4 is 5.73 Å². The maximum atomic E-state index is 12.3. The van der Waals surface area contributed by atoms with Crippen molar-refractivity contribution in [1.29, 1.82) is 0 Å². The maximum Gasteiger partial charge on any atom is 0.325 e. The summed E-state index contributed by atoms with van der Waals surface area (Å²) in [5, 5.41) is 9.10. The van der Waals surface area contributed by atoms with Crippen LogP contribution in [0.2, 0.25) is 0 Å². The molecule has 2 aliphatic heterocycles. The Bertz CT molecular complexity index is 391. The predicted octanol–water partition coefficient (Wildman–Crippen LogP) is -0.0213. The molecule has 3 N–H and O–H groups in total.